The van der Waals surface area contributed by atoms with Crippen molar-refractivity contribution in [1.29, 1.82) is 0 Å². The van der Waals surface area contributed by atoms with Crippen LogP contribution in [0.1, 0.15) is 32.6 Å². The van der Waals surface area contributed by atoms with E-state index in [1.54, 1.807) is 0 Å². The van der Waals surface area contributed by atoms with Gasteiger partial charge in [-0.3, -0.25) is 0 Å². The summed E-state index contributed by atoms with van der Waals surface area (Å²) in [6, 6.07) is 0. The minimum Gasteiger partial charge on any atom is -0.396 e. The summed E-state index contributed by atoms with van der Waals surface area (Å²) in [6.45, 7) is 2.22. The molecule has 0 spiro atoms. The van der Waals surface area contributed by atoms with Gasteiger partial charge in [0.25, 0.3) is 0 Å². The Hall–Kier alpha value is -0.120. The predicted octanol–water partition coefficient (Wildman–Crippen LogP) is 0.281. The standard InChI is InChI=1S/C9H18O3/c1-9(4-5-10)3-2-7(11)8(12)6-9/h7-8,10-12H,2-6H2,1H3/t7-,8+,9-/m1/s1. The van der Waals surface area contributed by atoms with Crippen LogP contribution in [0.4, 0.5) is 0 Å². The molecule has 0 saturated heterocycles. The van der Waals surface area contributed by atoms with Crippen molar-refractivity contribution in [2.24, 2.45) is 5.41 Å². The molecule has 0 aromatic carbocycles. The van der Waals surface area contributed by atoms with Gasteiger partial charge in [0, 0.05) is 6.61 Å². The van der Waals surface area contributed by atoms with Crippen molar-refractivity contribution in [3.63, 3.8) is 0 Å². The van der Waals surface area contributed by atoms with Crippen molar-refractivity contribution in [1.82, 2.24) is 0 Å². The Labute approximate surface area is 73.0 Å². The van der Waals surface area contributed by atoms with E-state index in [1.165, 1.54) is 0 Å². The van der Waals surface area contributed by atoms with Gasteiger partial charge in [-0.15, -0.1) is 0 Å². The maximum Gasteiger partial charge on any atom is 0.0804 e. The first-order valence-electron chi connectivity index (χ1n) is 4.54. The van der Waals surface area contributed by atoms with Gasteiger partial charge in [0.2, 0.25) is 0 Å². The zero-order chi connectivity index (χ0) is 9.19. The number of rotatable bonds is 2. The topological polar surface area (TPSA) is 60.7 Å². The van der Waals surface area contributed by atoms with Gasteiger partial charge in [-0.05, 0) is 31.1 Å². The van der Waals surface area contributed by atoms with Crippen LogP contribution in [0.3, 0.4) is 0 Å². The summed E-state index contributed by atoms with van der Waals surface area (Å²) in [5.74, 6) is 0. The van der Waals surface area contributed by atoms with E-state index in [0.717, 1.165) is 12.8 Å². The van der Waals surface area contributed by atoms with Crippen molar-refractivity contribution in [2.75, 3.05) is 6.61 Å². The summed E-state index contributed by atoms with van der Waals surface area (Å²) in [7, 11) is 0. The van der Waals surface area contributed by atoms with Gasteiger partial charge in [0.15, 0.2) is 0 Å². The molecule has 1 aliphatic carbocycles. The van der Waals surface area contributed by atoms with Gasteiger partial charge in [0.1, 0.15) is 0 Å². The molecule has 12 heavy (non-hydrogen) atoms. The summed E-state index contributed by atoms with van der Waals surface area (Å²) in [6.07, 6.45) is 1.71. The Morgan fingerprint density at radius 1 is 1.33 bits per heavy atom. The molecule has 0 aromatic rings. The van der Waals surface area contributed by atoms with Crippen LogP contribution in [-0.2, 0) is 0 Å². The van der Waals surface area contributed by atoms with Gasteiger partial charge in [-0.1, -0.05) is 6.92 Å². The monoisotopic (exact) mass is 174 g/mol. The number of hydrogen-bond donors (Lipinski definition) is 3. The van der Waals surface area contributed by atoms with E-state index in [0.29, 0.717) is 12.8 Å². The highest BCUT2D eigenvalue weighted by atomic mass is 16.3. The summed E-state index contributed by atoms with van der Waals surface area (Å²) < 4.78 is 0. The first kappa shape index (κ1) is 9.96. The van der Waals surface area contributed by atoms with Gasteiger partial charge >= 0.3 is 0 Å². The third-order valence-electron chi connectivity index (χ3n) is 2.91. The second kappa shape index (κ2) is 3.73. The molecular formula is C9H18O3. The maximum atomic E-state index is 9.41. The van der Waals surface area contributed by atoms with Crippen LogP contribution in [0.5, 0.6) is 0 Å². The number of aliphatic hydroxyl groups is 3. The molecule has 1 saturated carbocycles. The Morgan fingerprint density at radius 3 is 2.50 bits per heavy atom. The molecule has 1 aliphatic rings. The molecule has 3 atom stereocenters. The molecule has 0 heterocycles. The lowest BCUT2D eigenvalue weighted by Gasteiger charge is -2.38. The Kier molecular flexibility index (Phi) is 3.09. The van der Waals surface area contributed by atoms with Crippen LogP contribution < -0.4 is 0 Å². The van der Waals surface area contributed by atoms with Crippen molar-refractivity contribution in [2.45, 2.75) is 44.8 Å². The van der Waals surface area contributed by atoms with E-state index in [4.69, 9.17) is 5.11 Å². The Morgan fingerprint density at radius 2 is 2.00 bits per heavy atom. The van der Waals surface area contributed by atoms with E-state index in [2.05, 4.69) is 6.92 Å². The fraction of sp³-hybridized carbons (Fsp3) is 1.00. The second-order valence-corrected chi connectivity index (χ2v) is 4.16. The lowest BCUT2D eigenvalue weighted by molar-refractivity contribution is -0.0544. The zero-order valence-corrected chi connectivity index (χ0v) is 7.53. The fourth-order valence-corrected chi connectivity index (χ4v) is 1.93. The van der Waals surface area contributed by atoms with Gasteiger partial charge in [-0.25, -0.2) is 0 Å². The molecule has 0 bridgehead atoms. The van der Waals surface area contributed by atoms with Crippen molar-refractivity contribution in [3.05, 3.63) is 0 Å². The third-order valence-corrected chi connectivity index (χ3v) is 2.91. The molecule has 0 radical (unpaired) electrons. The normalized spacial score (nSPS) is 43.0. The molecule has 3 heteroatoms. The molecule has 1 rings (SSSR count). The SMILES string of the molecule is C[C@]1(CCO)CC[C@@H](O)[C@@H](O)C1. The van der Waals surface area contributed by atoms with Crippen LogP contribution in [0, 0.1) is 5.41 Å². The quantitative estimate of drug-likeness (QED) is 0.563. The van der Waals surface area contributed by atoms with E-state index < -0.39 is 12.2 Å². The lowest BCUT2D eigenvalue weighted by Crippen LogP contribution is -2.39. The van der Waals surface area contributed by atoms with E-state index >= 15 is 0 Å². The largest absolute Gasteiger partial charge is 0.396 e. The van der Waals surface area contributed by atoms with Crippen molar-refractivity contribution in [3.8, 4) is 0 Å². The summed E-state index contributed by atoms with van der Waals surface area (Å²) in [5, 5.41) is 27.5. The third kappa shape index (κ3) is 2.19. The molecule has 3 N–H and O–H groups in total. The predicted molar refractivity (Wildman–Crippen MR) is 45.7 cm³/mol. The molecule has 72 valence electrons. The molecule has 0 unspecified atom stereocenters. The van der Waals surface area contributed by atoms with Crippen molar-refractivity contribution < 1.29 is 15.3 Å². The highest BCUT2D eigenvalue weighted by Crippen LogP contribution is 2.38. The molecule has 0 aliphatic heterocycles. The van der Waals surface area contributed by atoms with Gasteiger partial charge < -0.3 is 15.3 Å². The molecule has 3 nitrogen and oxygen atoms in total. The first-order chi connectivity index (χ1) is 5.57. The van der Waals surface area contributed by atoms with Crippen molar-refractivity contribution >= 4 is 0 Å². The van der Waals surface area contributed by atoms with Gasteiger partial charge in [0.05, 0.1) is 12.2 Å². The van der Waals surface area contributed by atoms with Crippen LogP contribution >= 0.6 is 0 Å². The summed E-state index contributed by atoms with van der Waals surface area (Å²) in [4.78, 5) is 0. The minimum absolute atomic E-state index is 0.0212. The van der Waals surface area contributed by atoms with E-state index in [-0.39, 0.29) is 12.0 Å². The van der Waals surface area contributed by atoms with Gasteiger partial charge in [-0.2, -0.15) is 0 Å². The maximum absolute atomic E-state index is 9.41. The average Bonchev–Trinajstić information content (AvgIpc) is 1.98. The fourth-order valence-electron chi connectivity index (χ4n) is 1.93. The molecule has 1 fully saturated rings. The number of aliphatic hydroxyl groups excluding tert-OH is 3. The van der Waals surface area contributed by atoms with Crippen LogP contribution in [0.15, 0.2) is 0 Å². The smallest absolute Gasteiger partial charge is 0.0804 e. The molecule has 0 amide bonds. The minimum atomic E-state index is -0.602. The first-order valence-corrected chi connectivity index (χ1v) is 4.54. The molecule has 0 aromatic heterocycles. The van der Waals surface area contributed by atoms with Crippen LogP contribution in [-0.4, -0.2) is 34.1 Å². The summed E-state index contributed by atoms with van der Waals surface area (Å²) in [5.41, 5.74) is 0.0212. The lowest BCUT2D eigenvalue weighted by atomic mass is 9.71. The molecular weight excluding hydrogens is 156 g/mol. The van der Waals surface area contributed by atoms with Crippen LogP contribution in [0.25, 0.3) is 0 Å². The highest BCUT2D eigenvalue weighted by molar-refractivity contribution is 4.87. The number of hydrogen-bond acceptors (Lipinski definition) is 3. The highest BCUT2D eigenvalue weighted by Gasteiger charge is 2.35. The average molecular weight is 174 g/mol. The summed E-state index contributed by atoms with van der Waals surface area (Å²) >= 11 is 0. The van der Waals surface area contributed by atoms with E-state index in [1.807, 2.05) is 0 Å². The Bertz CT molecular complexity index is 149. The van der Waals surface area contributed by atoms with Crippen LogP contribution in [0.2, 0.25) is 0 Å². The Balaban J connectivity index is 2.48. The zero-order valence-electron chi connectivity index (χ0n) is 7.53. The van der Waals surface area contributed by atoms with E-state index in [9.17, 15) is 10.2 Å². The second-order valence-electron chi connectivity index (χ2n) is 4.16.